The lowest BCUT2D eigenvalue weighted by molar-refractivity contribution is 0.0345. The van der Waals surface area contributed by atoms with E-state index in [1.54, 1.807) is 24.3 Å². The van der Waals surface area contributed by atoms with Gasteiger partial charge in [-0.05, 0) is 23.8 Å². The molecule has 0 aromatic heterocycles. The summed E-state index contributed by atoms with van der Waals surface area (Å²) in [6.07, 6.45) is 0. The molecule has 1 atom stereocenters. The lowest BCUT2D eigenvalue weighted by Gasteiger charge is -2.31. The van der Waals surface area contributed by atoms with Crippen LogP contribution in [0, 0.1) is 0 Å². The average molecular weight is 425 g/mol. The fraction of sp³-hybridized carbons (Fsp3) is 0.333. The number of halogens is 1. The first kappa shape index (κ1) is 18.5. The minimum Gasteiger partial charge on any atom is -0.379 e. The molecule has 1 fully saturated rings. The van der Waals surface area contributed by atoms with E-state index in [1.807, 2.05) is 30.3 Å². The van der Waals surface area contributed by atoms with Gasteiger partial charge in [0.25, 0.3) is 0 Å². The fourth-order valence-electron chi connectivity index (χ4n) is 2.83. The number of hydrogen-bond acceptors (Lipinski definition) is 4. The summed E-state index contributed by atoms with van der Waals surface area (Å²) in [5.74, 6) is 0. The van der Waals surface area contributed by atoms with Crippen LogP contribution in [0.15, 0.2) is 64.0 Å². The Balaban J connectivity index is 1.83. The Hall–Kier alpha value is -1.25. The van der Waals surface area contributed by atoms with Crippen molar-refractivity contribution >= 4 is 26.0 Å². The molecule has 0 aliphatic carbocycles. The first-order valence-electron chi connectivity index (χ1n) is 8.17. The van der Waals surface area contributed by atoms with Gasteiger partial charge in [-0.3, -0.25) is 4.90 Å². The minimum absolute atomic E-state index is 0.254. The van der Waals surface area contributed by atoms with Crippen molar-refractivity contribution in [1.29, 1.82) is 0 Å². The largest absolute Gasteiger partial charge is 0.379 e. The highest BCUT2D eigenvalue weighted by atomic mass is 79.9. The third-order valence-electron chi connectivity index (χ3n) is 4.15. The second-order valence-electron chi connectivity index (χ2n) is 5.95. The molecular weight excluding hydrogens is 404 g/mol. The maximum Gasteiger partial charge on any atom is 0.241 e. The predicted molar refractivity (Wildman–Crippen MR) is 101 cm³/mol. The van der Waals surface area contributed by atoms with Gasteiger partial charge in [-0.25, -0.2) is 13.1 Å². The molecule has 2 aromatic rings. The molecule has 7 heteroatoms. The molecule has 0 amide bonds. The van der Waals surface area contributed by atoms with Crippen LogP contribution in [0.25, 0.3) is 0 Å². The molecule has 25 heavy (non-hydrogen) atoms. The lowest BCUT2D eigenvalue weighted by atomic mass is 10.1. The van der Waals surface area contributed by atoms with Crippen molar-refractivity contribution in [2.75, 3.05) is 32.8 Å². The van der Waals surface area contributed by atoms with Gasteiger partial charge in [0.2, 0.25) is 10.0 Å². The van der Waals surface area contributed by atoms with E-state index in [9.17, 15) is 8.42 Å². The van der Waals surface area contributed by atoms with Crippen molar-refractivity contribution < 1.29 is 13.2 Å². The number of rotatable bonds is 6. The smallest absolute Gasteiger partial charge is 0.241 e. The third-order valence-corrected chi connectivity index (χ3v) is 6.11. The molecule has 3 rings (SSSR count). The second kappa shape index (κ2) is 8.42. The van der Waals surface area contributed by atoms with Gasteiger partial charge in [0.05, 0.1) is 24.2 Å². The van der Waals surface area contributed by atoms with Crippen LogP contribution in [0.2, 0.25) is 0 Å². The van der Waals surface area contributed by atoms with Crippen molar-refractivity contribution in [2.24, 2.45) is 0 Å². The molecule has 1 aliphatic heterocycles. The molecule has 1 aliphatic rings. The summed E-state index contributed by atoms with van der Waals surface area (Å²) in [5, 5.41) is 0. The standard InChI is InChI=1S/C18H21BrN2O3S/c19-16-7-4-8-17(13-16)25(22,23)20-18(15-5-2-1-3-6-15)14-21-9-11-24-12-10-21/h1-8,13,18,20H,9-12,14H2/t18-/m0/s1. The highest BCUT2D eigenvalue weighted by molar-refractivity contribution is 9.10. The summed E-state index contributed by atoms with van der Waals surface area (Å²) >= 11 is 3.33. The number of nitrogens with one attached hydrogen (secondary N) is 1. The molecule has 1 saturated heterocycles. The summed E-state index contributed by atoms with van der Waals surface area (Å²) in [4.78, 5) is 2.48. The first-order chi connectivity index (χ1) is 12.0. The Morgan fingerprint density at radius 2 is 1.80 bits per heavy atom. The molecule has 0 bridgehead atoms. The first-order valence-corrected chi connectivity index (χ1v) is 10.5. The van der Waals surface area contributed by atoms with Crippen molar-refractivity contribution in [2.45, 2.75) is 10.9 Å². The molecular formula is C18H21BrN2O3S. The van der Waals surface area contributed by atoms with Crippen LogP contribution in [0.5, 0.6) is 0 Å². The summed E-state index contributed by atoms with van der Waals surface area (Å²) < 4.78 is 34.7. The molecule has 1 N–H and O–H groups in total. The molecule has 1 heterocycles. The van der Waals surface area contributed by atoms with E-state index >= 15 is 0 Å². The van der Waals surface area contributed by atoms with Gasteiger partial charge >= 0.3 is 0 Å². The number of nitrogens with zero attached hydrogens (tertiary/aromatic N) is 1. The quantitative estimate of drug-likeness (QED) is 0.774. The van der Waals surface area contributed by atoms with E-state index in [2.05, 4.69) is 25.6 Å². The maximum absolute atomic E-state index is 12.8. The van der Waals surface area contributed by atoms with Crippen LogP contribution in [-0.2, 0) is 14.8 Å². The second-order valence-corrected chi connectivity index (χ2v) is 8.58. The monoisotopic (exact) mass is 424 g/mol. The zero-order valence-corrected chi connectivity index (χ0v) is 16.2. The van der Waals surface area contributed by atoms with E-state index in [-0.39, 0.29) is 10.9 Å². The zero-order valence-electron chi connectivity index (χ0n) is 13.8. The Bertz CT molecular complexity index is 793. The molecule has 2 aromatic carbocycles. The van der Waals surface area contributed by atoms with E-state index < -0.39 is 10.0 Å². The maximum atomic E-state index is 12.8. The highest BCUT2D eigenvalue weighted by Gasteiger charge is 2.24. The van der Waals surface area contributed by atoms with Crippen molar-refractivity contribution in [3.8, 4) is 0 Å². The predicted octanol–water partition coefficient (Wildman–Crippen LogP) is 2.80. The van der Waals surface area contributed by atoms with E-state index in [1.165, 1.54) is 0 Å². The minimum atomic E-state index is -3.62. The van der Waals surface area contributed by atoms with Gasteiger partial charge in [-0.1, -0.05) is 52.3 Å². The number of hydrogen-bond donors (Lipinski definition) is 1. The van der Waals surface area contributed by atoms with Gasteiger partial charge in [0, 0.05) is 24.1 Å². The SMILES string of the molecule is O=S(=O)(N[C@@H](CN1CCOCC1)c1ccccc1)c1cccc(Br)c1. The molecule has 0 radical (unpaired) electrons. The summed E-state index contributed by atoms with van der Waals surface area (Å²) in [6.45, 7) is 3.59. The summed E-state index contributed by atoms with van der Waals surface area (Å²) in [5.41, 5.74) is 0.951. The number of benzene rings is 2. The Kier molecular flexibility index (Phi) is 6.24. The topological polar surface area (TPSA) is 58.6 Å². The average Bonchev–Trinajstić information content (AvgIpc) is 2.63. The van der Waals surface area contributed by atoms with Crippen LogP contribution < -0.4 is 4.72 Å². The molecule has 0 saturated carbocycles. The van der Waals surface area contributed by atoms with Gasteiger partial charge in [-0.15, -0.1) is 0 Å². The van der Waals surface area contributed by atoms with Crippen LogP contribution in [-0.4, -0.2) is 46.2 Å². The number of ether oxygens (including phenoxy) is 1. The van der Waals surface area contributed by atoms with Crippen molar-refractivity contribution in [3.05, 3.63) is 64.6 Å². The van der Waals surface area contributed by atoms with Crippen LogP contribution in [0.3, 0.4) is 0 Å². The molecule has 134 valence electrons. The van der Waals surface area contributed by atoms with E-state index in [0.29, 0.717) is 19.8 Å². The number of morpholine rings is 1. The van der Waals surface area contributed by atoms with Crippen LogP contribution in [0.4, 0.5) is 0 Å². The van der Waals surface area contributed by atoms with Gasteiger partial charge in [0.15, 0.2) is 0 Å². The fourth-order valence-corrected chi connectivity index (χ4v) is 4.64. The molecule has 0 spiro atoms. The normalized spacial score (nSPS) is 17.3. The lowest BCUT2D eigenvalue weighted by Crippen LogP contribution is -2.43. The number of sulfonamides is 1. The highest BCUT2D eigenvalue weighted by Crippen LogP contribution is 2.21. The van der Waals surface area contributed by atoms with Gasteiger partial charge in [0.1, 0.15) is 0 Å². The Labute approximate surface area is 157 Å². The van der Waals surface area contributed by atoms with E-state index in [4.69, 9.17) is 4.74 Å². The third kappa shape index (κ3) is 5.12. The van der Waals surface area contributed by atoms with E-state index in [0.717, 1.165) is 23.1 Å². The van der Waals surface area contributed by atoms with Gasteiger partial charge in [-0.2, -0.15) is 0 Å². The summed E-state index contributed by atoms with van der Waals surface area (Å²) in [6, 6.07) is 16.1. The molecule has 5 nitrogen and oxygen atoms in total. The van der Waals surface area contributed by atoms with Crippen molar-refractivity contribution in [3.63, 3.8) is 0 Å². The zero-order chi connectivity index (χ0) is 17.7. The van der Waals surface area contributed by atoms with Crippen LogP contribution in [0.1, 0.15) is 11.6 Å². The van der Waals surface area contributed by atoms with Crippen molar-refractivity contribution in [1.82, 2.24) is 9.62 Å². The Morgan fingerprint density at radius 1 is 1.08 bits per heavy atom. The van der Waals surface area contributed by atoms with Gasteiger partial charge < -0.3 is 4.74 Å². The summed E-state index contributed by atoms with van der Waals surface area (Å²) in [7, 11) is -3.62. The van der Waals surface area contributed by atoms with Crippen LogP contribution >= 0.6 is 15.9 Å². The Morgan fingerprint density at radius 3 is 2.48 bits per heavy atom. The molecule has 0 unspecified atom stereocenters.